The Morgan fingerprint density at radius 3 is 1.58 bits per heavy atom. The molecule has 180 valence electrons. The van der Waals surface area contributed by atoms with Gasteiger partial charge in [0.05, 0.1) is 11.4 Å². The third kappa shape index (κ3) is 10.4. The molecule has 0 radical (unpaired) electrons. The van der Waals surface area contributed by atoms with Crippen molar-refractivity contribution in [3.8, 4) is 0 Å². The molecular weight excluding hydrogens is 820 g/mol. The molecule has 1 saturated heterocycles. The molecule has 0 aromatic carbocycles. The summed E-state index contributed by atoms with van der Waals surface area (Å²) < 4.78 is 1.72. The minimum absolute atomic E-state index is 0. The van der Waals surface area contributed by atoms with Crippen molar-refractivity contribution in [2.45, 2.75) is 25.9 Å². The van der Waals surface area contributed by atoms with Crippen LogP contribution in [0.25, 0.3) is 0 Å². The zero-order valence-electron chi connectivity index (χ0n) is 17.5. The van der Waals surface area contributed by atoms with E-state index in [1.54, 1.807) is 12.1 Å². The maximum absolute atomic E-state index is 11.3. The minimum atomic E-state index is -1.02. The van der Waals surface area contributed by atoms with Crippen molar-refractivity contribution in [2.75, 3.05) is 26.2 Å². The molecule has 0 unspecified atom stereocenters. The van der Waals surface area contributed by atoms with E-state index in [0.29, 0.717) is 13.1 Å². The number of aromatic carboxylic acids is 2. The molecule has 0 bridgehead atoms. The Morgan fingerprint density at radius 2 is 1.21 bits per heavy atom. The maximum Gasteiger partial charge on any atom is 3.00 e. The molecule has 2 aromatic heterocycles. The smallest absolute Gasteiger partial charge is 0.477 e. The molecule has 3 rings (SSSR count). The van der Waals surface area contributed by atoms with E-state index < -0.39 is 11.9 Å². The van der Waals surface area contributed by atoms with Gasteiger partial charge in [-0.25, -0.2) is 19.6 Å². The first-order valence-corrected chi connectivity index (χ1v) is 12.0. The molecule has 3 heterocycles. The Labute approximate surface area is 257 Å². The number of carbonyl (C=O) groups is 2. The van der Waals surface area contributed by atoms with Gasteiger partial charge in [0.1, 0.15) is 11.4 Å². The van der Waals surface area contributed by atoms with Crippen LogP contribution in [0.1, 0.15) is 45.2 Å². The Balaban J connectivity index is 0.00000272. The number of rotatable bonds is 6. The second kappa shape index (κ2) is 15.3. The summed E-state index contributed by atoms with van der Waals surface area (Å²) >= 11 is 4.24. The molecule has 8 nitrogen and oxygen atoms in total. The number of carboxylic acids is 2. The molecule has 0 amide bonds. The minimum Gasteiger partial charge on any atom is -0.477 e. The van der Waals surface area contributed by atoms with Gasteiger partial charge in [0, 0.05) is 33.3 Å². The van der Waals surface area contributed by atoms with Crippen LogP contribution in [0.3, 0.4) is 0 Å². The van der Waals surface area contributed by atoms with Crippen LogP contribution in [0.2, 0.25) is 0 Å². The molecular formula is C21H24ClI2N4O4Tb+2. The first-order chi connectivity index (χ1) is 14.8. The molecule has 1 aliphatic rings. The van der Waals surface area contributed by atoms with E-state index in [9.17, 15) is 19.8 Å². The molecule has 0 atom stereocenters. The van der Waals surface area contributed by atoms with E-state index in [1.807, 2.05) is 12.1 Å². The SMILES string of the molecule is Cl.O=C(O)c1cc(I)cc(CN2CC[CH-]CCN(Cc3cc(I)cc(C(=O)O)n3)CC2)n1.[Tb+3]. The van der Waals surface area contributed by atoms with Gasteiger partial charge in [0.2, 0.25) is 0 Å². The van der Waals surface area contributed by atoms with Crippen LogP contribution in [0.15, 0.2) is 24.3 Å². The van der Waals surface area contributed by atoms with Crippen LogP contribution in [-0.2, 0) is 13.1 Å². The van der Waals surface area contributed by atoms with Crippen LogP contribution in [0, 0.1) is 52.2 Å². The second-order valence-corrected chi connectivity index (χ2v) is 9.84. The van der Waals surface area contributed by atoms with E-state index in [0.717, 1.165) is 57.5 Å². The van der Waals surface area contributed by atoms with Crippen molar-refractivity contribution in [1.82, 2.24) is 19.8 Å². The van der Waals surface area contributed by atoms with Crippen LogP contribution in [-0.4, -0.2) is 68.1 Å². The van der Waals surface area contributed by atoms with E-state index >= 15 is 0 Å². The molecule has 2 aromatic rings. The van der Waals surface area contributed by atoms with Gasteiger partial charge >= 0.3 is 50.6 Å². The summed E-state index contributed by atoms with van der Waals surface area (Å²) in [6.07, 6.45) is 4.17. The number of nitrogens with zero attached hydrogens (tertiary/aromatic N) is 4. The van der Waals surface area contributed by atoms with Crippen molar-refractivity contribution in [2.24, 2.45) is 0 Å². The van der Waals surface area contributed by atoms with Gasteiger partial charge in [-0.3, -0.25) is 9.80 Å². The zero-order chi connectivity index (χ0) is 22.4. The molecule has 1 aliphatic heterocycles. The third-order valence-electron chi connectivity index (χ3n) is 4.93. The van der Waals surface area contributed by atoms with Gasteiger partial charge in [0.25, 0.3) is 0 Å². The third-order valence-corrected chi connectivity index (χ3v) is 6.17. The number of carboxylic acid groups (broad SMARTS) is 2. The second-order valence-electron chi connectivity index (χ2n) is 7.35. The van der Waals surface area contributed by atoms with Crippen molar-refractivity contribution in [3.05, 3.63) is 60.6 Å². The van der Waals surface area contributed by atoms with Gasteiger partial charge in [-0.15, -0.1) is 12.4 Å². The Bertz CT molecular complexity index is 894. The van der Waals surface area contributed by atoms with Gasteiger partial charge in [-0.2, -0.15) is 12.8 Å². The van der Waals surface area contributed by atoms with E-state index in [2.05, 4.69) is 71.4 Å². The average Bonchev–Trinajstić information content (AvgIpc) is 2.80. The zero-order valence-corrected chi connectivity index (χ0v) is 24.8. The summed E-state index contributed by atoms with van der Waals surface area (Å²) in [6, 6.07) is 6.98. The fraction of sp³-hybridized carbons (Fsp3) is 0.381. The fourth-order valence-electron chi connectivity index (χ4n) is 3.46. The van der Waals surface area contributed by atoms with Gasteiger partial charge in [-0.05, 0) is 82.5 Å². The number of hydrogen-bond donors (Lipinski definition) is 2. The molecule has 0 saturated carbocycles. The molecule has 1 fully saturated rings. The summed E-state index contributed by atoms with van der Waals surface area (Å²) in [4.78, 5) is 35.8. The van der Waals surface area contributed by atoms with Crippen LogP contribution in [0.4, 0.5) is 0 Å². The number of hydrogen-bond acceptors (Lipinski definition) is 6. The van der Waals surface area contributed by atoms with Crippen LogP contribution < -0.4 is 0 Å². The van der Waals surface area contributed by atoms with E-state index in [4.69, 9.17) is 0 Å². The topological polar surface area (TPSA) is 107 Å². The van der Waals surface area contributed by atoms with Gasteiger partial charge in [0.15, 0.2) is 0 Å². The quantitative estimate of drug-likeness (QED) is 0.335. The largest absolute Gasteiger partial charge is 3.00 e. The summed E-state index contributed by atoms with van der Waals surface area (Å²) in [7, 11) is 0. The first kappa shape index (κ1) is 31.2. The van der Waals surface area contributed by atoms with Crippen LogP contribution >= 0.6 is 57.6 Å². The predicted molar refractivity (Wildman–Crippen MR) is 139 cm³/mol. The average molecular weight is 845 g/mol. The molecule has 33 heavy (non-hydrogen) atoms. The number of pyridine rings is 2. The monoisotopic (exact) mass is 844 g/mol. The van der Waals surface area contributed by atoms with Crippen molar-refractivity contribution in [3.63, 3.8) is 0 Å². The molecule has 12 heteroatoms. The summed E-state index contributed by atoms with van der Waals surface area (Å²) in [6.45, 7) is 4.55. The summed E-state index contributed by atoms with van der Waals surface area (Å²) in [5.74, 6) is -2.04. The summed E-state index contributed by atoms with van der Waals surface area (Å²) in [5.41, 5.74) is 1.64. The van der Waals surface area contributed by atoms with Gasteiger partial charge in [-0.1, -0.05) is 0 Å². The predicted octanol–water partition coefficient (Wildman–Crippen LogP) is 3.81. The first-order valence-electron chi connectivity index (χ1n) is 9.86. The Kier molecular flexibility index (Phi) is 14.5. The van der Waals surface area contributed by atoms with E-state index in [1.165, 1.54) is 0 Å². The van der Waals surface area contributed by atoms with Gasteiger partial charge < -0.3 is 16.6 Å². The Hall–Kier alpha value is 0.196. The van der Waals surface area contributed by atoms with Crippen LogP contribution in [0.5, 0.6) is 0 Å². The molecule has 2 N–H and O–H groups in total. The standard InChI is InChI=1S/C21H23I2N4O4.ClH.Tb/c22-14-8-16(24-18(10-14)20(28)29)12-26-4-2-1-3-5-27(7-6-26)13-17-9-15(23)11-19(25-17)21(30)31;;/h1,8-11H,2-7,12-13H2,(H,28,29)(H,30,31);1H;/q-1;;+3. The molecule has 0 spiro atoms. The fourth-order valence-corrected chi connectivity index (χ4v) is 4.76. The molecule has 0 aliphatic carbocycles. The van der Waals surface area contributed by atoms with Crippen molar-refractivity contribution < 1.29 is 58.4 Å². The number of halogens is 3. The normalized spacial score (nSPS) is 15.3. The van der Waals surface area contributed by atoms with Crippen molar-refractivity contribution in [1.29, 1.82) is 0 Å². The Morgan fingerprint density at radius 1 is 0.818 bits per heavy atom. The maximum atomic E-state index is 11.3. The van der Waals surface area contributed by atoms with E-state index in [-0.39, 0.29) is 62.4 Å². The van der Waals surface area contributed by atoms with Crippen molar-refractivity contribution >= 4 is 69.5 Å². The summed E-state index contributed by atoms with van der Waals surface area (Å²) in [5, 5.41) is 18.5. The number of aromatic nitrogens is 2.